The van der Waals surface area contributed by atoms with Crippen LogP contribution in [0.2, 0.25) is 0 Å². The van der Waals surface area contributed by atoms with Gasteiger partial charge < -0.3 is 9.22 Å². The second-order valence-electron chi connectivity index (χ2n) is 7.81. The molecule has 0 radical (unpaired) electrons. The third kappa shape index (κ3) is 7.98. The fourth-order valence-electron chi connectivity index (χ4n) is 3.57. The molecule has 0 spiro atoms. The van der Waals surface area contributed by atoms with E-state index in [0.717, 1.165) is 30.2 Å². The maximum atomic E-state index is 5.87. The molecule has 2 aromatic carbocycles. The van der Waals surface area contributed by atoms with Crippen LogP contribution in [0.25, 0.3) is 0 Å². The molecule has 0 aromatic heterocycles. The fourth-order valence-corrected chi connectivity index (χ4v) is 3.57. The molecule has 0 N–H and O–H groups in total. The zero-order valence-electron chi connectivity index (χ0n) is 18.7. The Kier molecular flexibility index (Phi) is 9.85. The van der Waals surface area contributed by atoms with Crippen LogP contribution in [0.15, 0.2) is 58.8 Å². The molecule has 2 aromatic rings. The standard InChI is InChI=1S/C25H38N3O/c1-5-28(6-2,7-3)20-10-8-9-11-21-29-25-18-16-24(17-19-25)27-26-23-14-12-22(4)13-15-23/h12-19H,5-11,20-21H2,1-4H3/q+1. The number of quaternary nitrogens is 1. The van der Waals surface area contributed by atoms with Gasteiger partial charge in [0.2, 0.25) is 0 Å². The van der Waals surface area contributed by atoms with Crippen molar-refractivity contribution >= 4 is 11.4 Å². The van der Waals surface area contributed by atoms with Crippen LogP contribution in [0.1, 0.15) is 52.0 Å². The summed E-state index contributed by atoms with van der Waals surface area (Å²) in [6, 6.07) is 15.9. The van der Waals surface area contributed by atoms with Crippen LogP contribution in [-0.2, 0) is 0 Å². The molecule has 0 aliphatic rings. The van der Waals surface area contributed by atoms with Crippen LogP contribution in [0.3, 0.4) is 0 Å². The Morgan fingerprint density at radius 2 is 1.21 bits per heavy atom. The SMILES string of the molecule is CC[N+](CC)(CC)CCCCCCOc1ccc(N=Nc2ccc(C)cc2)cc1. The molecule has 0 aliphatic heterocycles. The van der Waals surface area contributed by atoms with Crippen LogP contribution in [0, 0.1) is 6.92 Å². The number of nitrogens with zero attached hydrogens (tertiary/aromatic N) is 3. The number of azo groups is 1. The predicted octanol–water partition coefficient (Wildman–Crippen LogP) is 7.23. The third-order valence-corrected chi connectivity index (χ3v) is 5.96. The smallest absolute Gasteiger partial charge is 0.119 e. The Labute approximate surface area is 177 Å². The topological polar surface area (TPSA) is 34.0 Å². The Balaban J connectivity index is 1.64. The quantitative estimate of drug-likeness (QED) is 0.200. The Morgan fingerprint density at radius 1 is 0.690 bits per heavy atom. The molecular weight excluding hydrogens is 358 g/mol. The first kappa shape index (κ1) is 23.1. The van der Waals surface area contributed by atoms with Gasteiger partial charge in [-0.15, -0.1) is 0 Å². The van der Waals surface area contributed by atoms with E-state index >= 15 is 0 Å². The van der Waals surface area contributed by atoms with E-state index in [9.17, 15) is 0 Å². The zero-order chi connectivity index (χ0) is 21.0. The lowest BCUT2D eigenvalue weighted by molar-refractivity contribution is -0.923. The molecule has 4 heteroatoms. The Morgan fingerprint density at radius 3 is 1.76 bits per heavy atom. The first-order chi connectivity index (χ1) is 14.1. The summed E-state index contributed by atoms with van der Waals surface area (Å²) < 4.78 is 7.13. The average Bonchev–Trinajstić information content (AvgIpc) is 2.77. The van der Waals surface area contributed by atoms with Gasteiger partial charge in [0.05, 0.1) is 44.2 Å². The van der Waals surface area contributed by atoms with Crippen LogP contribution in [0.5, 0.6) is 5.75 Å². The second kappa shape index (κ2) is 12.4. The summed E-state index contributed by atoms with van der Waals surface area (Å²) in [7, 11) is 0. The van der Waals surface area contributed by atoms with Crippen molar-refractivity contribution in [3.8, 4) is 5.75 Å². The molecule has 0 saturated carbocycles. The predicted molar refractivity (Wildman–Crippen MR) is 123 cm³/mol. The van der Waals surface area contributed by atoms with Crippen molar-refractivity contribution in [2.45, 2.75) is 53.4 Å². The highest BCUT2D eigenvalue weighted by Gasteiger charge is 2.19. The normalized spacial score (nSPS) is 11.9. The van der Waals surface area contributed by atoms with Gasteiger partial charge in [0.1, 0.15) is 5.75 Å². The maximum Gasteiger partial charge on any atom is 0.119 e. The number of unbranched alkanes of at least 4 members (excludes halogenated alkanes) is 3. The number of aryl methyl sites for hydroxylation is 1. The largest absolute Gasteiger partial charge is 0.494 e. The Bertz CT molecular complexity index is 710. The molecule has 0 aliphatic carbocycles. The summed E-state index contributed by atoms with van der Waals surface area (Å²) in [5.41, 5.74) is 2.92. The van der Waals surface area contributed by atoms with Crippen molar-refractivity contribution in [3.05, 3.63) is 54.1 Å². The molecule has 0 amide bonds. The van der Waals surface area contributed by atoms with E-state index < -0.39 is 0 Å². The lowest BCUT2D eigenvalue weighted by atomic mass is 10.1. The number of ether oxygens (including phenoxy) is 1. The van der Waals surface area contributed by atoms with Crippen molar-refractivity contribution in [2.24, 2.45) is 10.2 Å². The monoisotopic (exact) mass is 396 g/mol. The van der Waals surface area contributed by atoms with Gasteiger partial charge in [0.15, 0.2) is 0 Å². The number of hydrogen-bond donors (Lipinski definition) is 0. The third-order valence-electron chi connectivity index (χ3n) is 5.96. The highest BCUT2D eigenvalue weighted by molar-refractivity contribution is 5.43. The van der Waals surface area contributed by atoms with Crippen molar-refractivity contribution in [2.75, 3.05) is 32.8 Å². The summed E-state index contributed by atoms with van der Waals surface area (Å²) in [4.78, 5) is 0. The number of rotatable bonds is 13. The lowest BCUT2D eigenvalue weighted by Gasteiger charge is -2.35. The second-order valence-corrected chi connectivity index (χ2v) is 7.81. The van der Waals surface area contributed by atoms with Crippen molar-refractivity contribution < 1.29 is 9.22 Å². The first-order valence-electron chi connectivity index (χ1n) is 11.2. The van der Waals surface area contributed by atoms with Crippen LogP contribution in [-0.4, -0.2) is 37.3 Å². The molecule has 4 nitrogen and oxygen atoms in total. The van der Waals surface area contributed by atoms with E-state index in [1.807, 2.05) is 48.5 Å². The average molecular weight is 397 g/mol. The van der Waals surface area contributed by atoms with Gasteiger partial charge in [-0.3, -0.25) is 0 Å². The van der Waals surface area contributed by atoms with E-state index in [-0.39, 0.29) is 0 Å². The lowest BCUT2D eigenvalue weighted by Crippen LogP contribution is -2.48. The molecule has 158 valence electrons. The molecule has 0 bridgehead atoms. The number of benzene rings is 2. The molecular formula is C25H38N3O+. The molecule has 29 heavy (non-hydrogen) atoms. The molecule has 0 atom stereocenters. The minimum atomic E-state index is 0.777. The first-order valence-corrected chi connectivity index (χ1v) is 11.2. The van der Waals surface area contributed by atoms with Crippen molar-refractivity contribution in [1.29, 1.82) is 0 Å². The van der Waals surface area contributed by atoms with Crippen LogP contribution < -0.4 is 4.74 Å². The Hall–Kier alpha value is -2.20. The maximum absolute atomic E-state index is 5.87. The summed E-state index contributed by atoms with van der Waals surface area (Å²) in [5.74, 6) is 0.901. The van der Waals surface area contributed by atoms with E-state index in [0.29, 0.717) is 0 Å². The van der Waals surface area contributed by atoms with E-state index in [2.05, 4.69) is 37.9 Å². The van der Waals surface area contributed by atoms with Crippen LogP contribution >= 0.6 is 0 Å². The van der Waals surface area contributed by atoms with Gasteiger partial charge in [-0.05, 0) is 89.8 Å². The summed E-state index contributed by atoms with van der Waals surface area (Å²) in [5, 5.41) is 8.56. The van der Waals surface area contributed by atoms with Gasteiger partial charge in [-0.2, -0.15) is 10.2 Å². The highest BCUT2D eigenvalue weighted by atomic mass is 16.5. The summed E-state index contributed by atoms with van der Waals surface area (Å²) >= 11 is 0. The van der Waals surface area contributed by atoms with Gasteiger partial charge in [-0.1, -0.05) is 17.7 Å². The molecule has 2 rings (SSSR count). The zero-order valence-corrected chi connectivity index (χ0v) is 18.7. The summed E-state index contributed by atoms with van der Waals surface area (Å²) in [6.45, 7) is 14.8. The molecule has 0 saturated heterocycles. The fraction of sp³-hybridized carbons (Fsp3) is 0.520. The molecule has 0 heterocycles. The minimum absolute atomic E-state index is 0.777. The van der Waals surface area contributed by atoms with E-state index in [4.69, 9.17) is 4.74 Å². The molecule has 0 fully saturated rings. The van der Waals surface area contributed by atoms with E-state index in [1.165, 1.54) is 55.5 Å². The minimum Gasteiger partial charge on any atom is -0.494 e. The summed E-state index contributed by atoms with van der Waals surface area (Å²) in [6.07, 6.45) is 4.96. The van der Waals surface area contributed by atoms with Crippen molar-refractivity contribution in [1.82, 2.24) is 0 Å². The van der Waals surface area contributed by atoms with Gasteiger partial charge in [0.25, 0.3) is 0 Å². The van der Waals surface area contributed by atoms with Gasteiger partial charge in [0, 0.05) is 0 Å². The van der Waals surface area contributed by atoms with Gasteiger partial charge >= 0.3 is 0 Å². The highest BCUT2D eigenvalue weighted by Crippen LogP contribution is 2.21. The van der Waals surface area contributed by atoms with Crippen LogP contribution in [0.4, 0.5) is 11.4 Å². The van der Waals surface area contributed by atoms with Gasteiger partial charge in [-0.25, -0.2) is 0 Å². The molecule has 0 unspecified atom stereocenters. The van der Waals surface area contributed by atoms with E-state index in [1.54, 1.807) is 0 Å². The van der Waals surface area contributed by atoms with Crippen molar-refractivity contribution in [3.63, 3.8) is 0 Å². The number of hydrogen-bond acceptors (Lipinski definition) is 3.